The van der Waals surface area contributed by atoms with Crippen molar-refractivity contribution in [1.29, 1.82) is 0 Å². The number of rotatable bonds is 2. The summed E-state index contributed by atoms with van der Waals surface area (Å²) < 4.78 is 4.17. The summed E-state index contributed by atoms with van der Waals surface area (Å²) >= 11 is 0. The Morgan fingerprint density at radius 2 is 2.15 bits per heavy atom. The highest BCUT2D eigenvalue weighted by atomic mass is 15.6. The van der Waals surface area contributed by atoms with Gasteiger partial charge in [-0.15, -0.1) is 10.2 Å². The quantitative estimate of drug-likeness (QED) is 0.896. The zero-order valence-electron chi connectivity index (χ0n) is 15.0. The highest BCUT2D eigenvalue weighted by Gasteiger charge is 2.47. The van der Waals surface area contributed by atoms with Crippen LogP contribution in [0, 0.1) is 11.3 Å². The maximum absolute atomic E-state index is 4.66. The SMILES string of the molecule is CC1(Cc2cn(C3=NNC4C5CCCCC5n5cncc5N34)nn2)CC1. The predicted octanol–water partition coefficient (Wildman–Crippen LogP) is 2.12. The van der Waals surface area contributed by atoms with E-state index in [0.717, 1.165) is 23.9 Å². The molecular weight excluding hydrogens is 328 g/mol. The number of hydrogen-bond donors (Lipinski definition) is 1. The average Bonchev–Trinajstić information content (AvgIpc) is 3.11. The van der Waals surface area contributed by atoms with Crippen molar-refractivity contribution >= 4 is 11.8 Å². The normalized spacial score (nSPS) is 30.9. The molecular formula is C18H24N8. The van der Waals surface area contributed by atoms with E-state index in [1.165, 1.54) is 38.5 Å². The Morgan fingerprint density at radius 3 is 3.04 bits per heavy atom. The van der Waals surface area contributed by atoms with Crippen molar-refractivity contribution in [1.82, 2.24) is 30.0 Å². The summed E-state index contributed by atoms with van der Waals surface area (Å²) in [6.07, 6.45) is 14.8. The standard InChI is InChI=1S/C18H24N8/c1-18(6-7-18)8-12-10-25(23-20-12)17-22-21-16-13-4-2-3-5-14(13)24-11-19-9-15(24)26(16)17/h9-11,13-14,16,21H,2-8H2,1H3. The van der Waals surface area contributed by atoms with Crippen LogP contribution in [0.3, 0.4) is 0 Å². The van der Waals surface area contributed by atoms with Gasteiger partial charge in [0, 0.05) is 12.0 Å². The van der Waals surface area contributed by atoms with E-state index < -0.39 is 0 Å². The molecule has 0 amide bonds. The van der Waals surface area contributed by atoms with Gasteiger partial charge in [0.25, 0.3) is 5.96 Å². The van der Waals surface area contributed by atoms with E-state index in [4.69, 9.17) is 0 Å². The van der Waals surface area contributed by atoms with E-state index >= 15 is 0 Å². The van der Waals surface area contributed by atoms with Gasteiger partial charge in [-0.25, -0.2) is 4.98 Å². The van der Waals surface area contributed by atoms with Gasteiger partial charge in [0.1, 0.15) is 12.0 Å². The molecule has 8 heteroatoms. The maximum atomic E-state index is 4.66. The van der Waals surface area contributed by atoms with Crippen LogP contribution in [0.1, 0.15) is 57.2 Å². The lowest BCUT2D eigenvalue weighted by Gasteiger charge is -2.45. The van der Waals surface area contributed by atoms with Gasteiger partial charge in [-0.1, -0.05) is 25.0 Å². The summed E-state index contributed by atoms with van der Waals surface area (Å²) in [4.78, 5) is 6.70. The minimum Gasteiger partial charge on any atom is -0.314 e. The second-order valence-corrected chi connectivity index (χ2v) is 8.67. The van der Waals surface area contributed by atoms with E-state index in [-0.39, 0.29) is 6.17 Å². The van der Waals surface area contributed by atoms with Crippen molar-refractivity contribution in [2.75, 3.05) is 4.90 Å². The third kappa shape index (κ3) is 2.07. The fourth-order valence-corrected chi connectivity index (χ4v) is 4.95. The molecule has 8 nitrogen and oxygen atoms in total. The molecule has 2 aliphatic carbocycles. The first-order valence-electron chi connectivity index (χ1n) is 9.78. The number of fused-ring (bicyclic) bond motifs is 6. The van der Waals surface area contributed by atoms with Gasteiger partial charge in [0.15, 0.2) is 0 Å². The lowest BCUT2D eigenvalue weighted by molar-refractivity contribution is 0.175. The first-order valence-corrected chi connectivity index (χ1v) is 9.78. The zero-order valence-corrected chi connectivity index (χ0v) is 15.0. The molecule has 3 unspecified atom stereocenters. The van der Waals surface area contributed by atoms with Crippen LogP contribution in [0.25, 0.3) is 0 Å². The van der Waals surface area contributed by atoms with Crippen LogP contribution < -0.4 is 10.3 Å². The Bertz CT molecular complexity index is 875. The number of nitrogens with one attached hydrogen (secondary N) is 1. The number of hydrazone groups is 1. The molecule has 0 bridgehead atoms. The fourth-order valence-electron chi connectivity index (χ4n) is 4.95. The third-order valence-electron chi connectivity index (χ3n) is 6.68. The first-order chi connectivity index (χ1) is 12.7. The van der Waals surface area contributed by atoms with Crippen molar-refractivity contribution in [3.63, 3.8) is 0 Å². The Morgan fingerprint density at radius 1 is 1.27 bits per heavy atom. The Labute approximate surface area is 152 Å². The van der Waals surface area contributed by atoms with Crippen LogP contribution in [0.4, 0.5) is 5.82 Å². The van der Waals surface area contributed by atoms with Crippen LogP contribution >= 0.6 is 0 Å². The molecule has 4 aliphatic rings. The lowest BCUT2D eigenvalue weighted by Crippen LogP contribution is -2.54. The van der Waals surface area contributed by atoms with Crippen LogP contribution in [-0.4, -0.2) is 36.7 Å². The van der Waals surface area contributed by atoms with Crippen molar-refractivity contribution < 1.29 is 0 Å². The second kappa shape index (κ2) is 5.08. The molecule has 2 aliphatic heterocycles. The summed E-state index contributed by atoms with van der Waals surface area (Å²) in [5.74, 6) is 2.45. The van der Waals surface area contributed by atoms with Gasteiger partial charge >= 0.3 is 0 Å². The summed E-state index contributed by atoms with van der Waals surface area (Å²) in [5.41, 5.74) is 4.87. The maximum Gasteiger partial charge on any atom is 0.252 e. The van der Waals surface area contributed by atoms with Crippen LogP contribution in [0.15, 0.2) is 23.8 Å². The highest BCUT2D eigenvalue weighted by Crippen LogP contribution is 2.47. The average molecular weight is 352 g/mol. The Balaban J connectivity index is 1.35. The minimum absolute atomic E-state index is 0.188. The molecule has 0 radical (unpaired) electrons. The van der Waals surface area contributed by atoms with Crippen LogP contribution in [-0.2, 0) is 6.42 Å². The number of anilines is 1. The van der Waals surface area contributed by atoms with E-state index in [2.05, 4.69) is 42.2 Å². The molecule has 4 heterocycles. The second-order valence-electron chi connectivity index (χ2n) is 8.67. The minimum atomic E-state index is 0.188. The molecule has 3 atom stereocenters. The van der Waals surface area contributed by atoms with Crippen LogP contribution in [0.2, 0.25) is 0 Å². The molecule has 2 fully saturated rings. The van der Waals surface area contributed by atoms with Gasteiger partial charge in [0.05, 0.1) is 24.4 Å². The van der Waals surface area contributed by atoms with Gasteiger partial charge < -0.3 is 4.57 Å². The lowest BCUT2D eigenvalue weighted by atomic mass is 9.80. The highest BCUT2D eigenvalue weighted by molar-refractivity contribution is 5.98. The molecule has 0 spiro atoms. The summed E-state index contributed by atoms with van der Waals surface area (Å²) in [6.45, 7) is 2.32. The van der Waals surface area contributed by atoms with Gasteiger partial charge in [-0.2, -0.15) is 4.68 Å². The van der Waals surface area contributed by atoms with Crippen molar-refractivity contribution in [3.8, 4) is 0 Å². The van der Waals surface area contributed by atoms with Crippen LogP contribution in [0.5, 0.6) is 0 Å². The Hall–Kier alpha value is -2.38. The summed E-state index contributed by atoms with van der Waals surface area (Å²) in [5, 5.41) is 13.4. The van der Waals surface area contributed by atoms with Crippen molar-refractivity contribution in [2.24, 2.45) is 16.4 Å². The number of hydrogen-bond acceptors (Lipinski definition) is 6. The van der Waals surface area contributed by atoms with E-state index in [0.29, 0.717) is 17.4 Å². The van der Waals surface area contributed by atoms with Gasteiger partial charge in [-0.05, 0) is 37.5 Å². The molecule has 2 aromatic rings. The van der Waals surface area contributed by atoms with Gasteiger partial charge in [0.2, 0.25) is 0 Å². The van der Waals surface area contributed by atoms with Gasteiger partial charge in [-0.3, -0.25) is 10.3 Å². The van der Waals surface area contributed by atoms with E-state index in [9.17, 15) is 0 Å². The molecule has 0 saturated heterocycles. The number of nitrogens with zero attached hydrogens (tertiary/aromatic N) is 7. The molecule has 0 aromatic carbocycles. The topological polar surface area (TPSA) is 76.2 Å². The zero-order chi connectivity index (χ0) is 17.3. The molecule has 26 heavy (non-hydrogen) atoms. The molecule has 2 aromatic heterocycles. The predicted molar refractivity (Wildman–Crippen MR) is 96.5 cm³/mol. The largest absolute Gasteiger partial charge is 0.314 e. The third-order valence-corrected chi connectivity index (χ3v) is 6.68. The fraction of sp³-hybridized carbons (Fsp3) is 0.667. The Kier molecular flexibility index (Phi) is 2.88. The monoisotopic (exact) mass is 352 g/mol. The molecule has 2 saturated carbocycles. The number of imidazole rings is 1. The number of aromatic nitrogens is 5. The molecule has 6 rings (SSSR count). The van der Waals surface area contributed by atoms with E-state index in [1.807, 2.05) is 23.4 Å². The summed E-state index contributed by atoms with van der Waals surface area (Å²) in [6, 6.07) is 0.519. The van der Waals surface area contributed by atoms with E-state index in [1.54, 1.807) is 0 Å². The first kappa shape index (κ1) is 14.8. The van der Waals surface area contributed by atoms with Crippen molar-refractivity contribution in [2.45, 2.75) is 64.1 Å². The molecule has 1 N–H and O–H groups in total. The smallest absolute Gasteiger partial charge is 0.252 e. The molecule has 136 valence electrons. The summed E-state index contributed by atoms with van der Waals surface area (Å²) in [7, 11) is 0. The van der Waals surface area contributed by atoms with Crippen molar-refractivity contribution in [3.05, 3.63) is 24.4 Å².